The Morgan fingerprint density at radius 3 is 2.26 bits per heavy atom. The topological polar surface area (TPSA) is 21.3 Å². The smallest absolute Gasteiger partial charge is 0.191 e. The van der Waals surface area contributed by atoms with Crippen LogP contribution in [-0.2, 0) is 4.43 Å². The molecule has 1 saturated heterocycles. The first-order valence-corrected chi connectivity index (χ1v) is 11.1. The highest BCUT2D eigenvalue weighted by Gasteiger charge is 2.36. The molecule has 1 N–H and O–H groups in total. The van der Waals surface area contributed by atoms with Crippen LogP contribution in [0.5, 0.6) is 0 Å². The van der Waals surface area contributed by atoms with Crippen molar-refractivity contribution in [3.63, 3.8) is 0 Å². The van der Waals surface area contributed by atoms with Crippen LogP contribution in [0.4, 0.5) is 0 Å². The summed E-state index contributed by atoms with van der Waals surface area (Å²) in [5, 5.41) is 3.79. The van der Waals surface area contributed by atoms with Crippen molar-refractivity contribution in [2.75, 3.05) is 19.7 Å². The third-order valence-corrected chi connectivity index (χ3v) is 9.52. The van der Waals surface area contributed by atoms with E-state index in [4.69, 9.17) is 4.43 Å². The van der Waals surface area contributed by atoms with E-state index in [9.17, 15) is 0 Å². The van der Waals surface area contributed by atoms with Crippen LogP contribution < -0.4 is 5.32 Å². The minimum atomic E-state index is -1.51. The largest absolute Gasteiger partial charge is 0.417 e. The van der Waals surface area contributed by atoms with Gasteiger partial charge in [-0.05, 0) is 56.4 Å². The SMILES string of the molecule is CC(C)(C)[Si](C)(C)OCCCCCC1CCNCC1. The maximum Gasteiger partial charge on any atom is 0.191 e. The van der Waals surface area contributed by atoms with Gasteiger partial charge < -0.3 is 9.74 Å². The molecule has 1 heterocycles. The first-order valence-electron chi connectivity index (χ1n) is 8.17. The molecule has 0 atom stereocenters. The van der Waals surface area contributed by atoms with Gasteiger partial charge in [0, 0.05) is 6.61 Å². The minimum Gasteiger partial charge on any atom is -0.417 e. The molecule has 114 valence electrons. The van der Waals surface area contributed by atoms with E-state index in [2.05, 4.69) is 39.2 Å². The van der Waals surface area contributed by atoms with Gasteiger partial charge in [0.15, 0.2) is 8.32 Å². The molecule has 3 heteroatoms. The molecule has 0 bridgehead atoms. The lowest BCUT2D eigenvalue weighted by Gasteiger charge is -2.36. The Bertz CT molecular complexity index is 242. The zero-order valence-corrected chi connectivity index (χ0v) is 14.8. The van der Waals surface area contributed by atoms with Gasteiger partial charge in [0.2, 0.25) is 0 Å². The lowest BCUT2D eigenvalue weighted by atomic mass is 9.92. The molecule has 0 aromatic carbocycles. The van der Waals surface area contributed by atoms with Gasteiger partial charge in [0.1, 0.15) is 0 Å². The summed E-state index contributed by atoms with van der Waals surface area (Å²) in [4.78, 5) is 0. The maximum absolute atomic E-state index is 6.21. The molecule has 0 aromatic heterocycles. The zero-order chi connectivity index (χ0) is 14.4. The van der Waals surface area contributed by atoms with Gasteiger partial charge >= 0.3 is 0 Å². The molecule has 0 radical (unpaired) electrons. The highest BCUT2D eigenvalue weighted by molar-refractivity contribution is 6.74. The van der Waals surface area contributed by atoms with E-state index in [1.165, 1.54) is 51.6 Å². The maximum atomic E-state index is 6.21. The molecule has 1 aliphatic rings. The fourth-order valence-corrected chi connectivity index (χ4v) is 3.51. The standard InChI is InChI=1S/C16H35NOSi/c1-16(2,3)19(4,5)18-14-8-6-7-9-15-10-12-17-13-11-15/h15,17H,6-14H2,1-5H3. The molecular formula is C16H35NOSi. The average molecular weight is 286 g/mol. The van der Waals surface area contributed by atoms with E-state index in [0.717, 1.165) is 12.5 Å². The molecule has 1 fully saturated rings. The summed E-state index contributed by atoms with van der Waals surface area (Å²) in [7, 11) is -1.51. The second-order valence-corrected chi connectivity index (χ2v) is 12.5. The number of rotatable bonds is 7. The van der Waals surface area contributed by atoms with Crippen LogP contribution in [0.2, 0.25) is 18.1 Å². The lowest BCUT2D eigenvalue weighted by molar-refractivity contribution is 0.272. The van der Waals surface area contributed by atoms with E-state index in [1.54, 1.807) is 0 Å². The first-order chi connectivity index (χ1) is 8.83. The Kier molecular flexibility index (Phi) is 7.05. The summed E-state index contributed by atoms with van der Waals surface area (Å²) in [5.41, 5.74) is 0. The Hall–Kier alpha value is 0.137. The monoisotopic (exact) mass is 285 g/mol. The van der Waals surface area contributed by atoms with Crippen LogP contribution in [0.15, 0.2) is 0 Å². The summed E-state index contributed by atoms with van der Waals surface area (Å²) in [6.45, 7) is 15.1. The molecule has 19 heavy (non-hydrogen) atoms. The van der Waals surface area contributed by atoms with Crippen LogP contribution >= 0.6 is 0 Å². The van der Waals surface area contributed by atoms with Crippen LogP contribution in [-0.4, -0.2) is 28.0 Å². The van der Waals surface area contributed by atoms with Crippen molar-refractivity contribution in [1.29, 1.82) is 0 Å². The normalized spacial score (nSPS) is 18.8. The number of hydrogen-bond acceptors (Lipinski definition) is 2. The van der Waals surface area contributed by atoms with Crippen molar-refractivity contribution < 1.29 is 4.43 Å². The lowest BCUT2D eigenvalue weighted by Crippen LogP contribution is -2.40. The Labute approximate surface area is 121 Å². The zero-order valence-electron chi connectivity index (χ0n) is 13.8. The summed E-state index contributed by atoms with van der Waals surface area (Å²) in [6.07, 6.45) is 8.20. The summed E-state index contributed by atoms with van der Waals surface area (Å²) in [6, 6.07) is 0. The molecule has 2 nitrogen and oxygen atoms in total. The molecule has 0 aliphatic carbocycles. The van der Waals surface area contributed by atoms with Crippen molar-refractivity contribution in [1.82, 2.24) is 5.32 Å². The number of unbranched alkanes of at least 4 members (excludes halogenated alkanes) is 2. The van der Waals surface area contributed by atoms with Gasteiger partial charge in [-0.25, -0.2) is 0 Å². The van der Waals surface area contributed by atoms with Gasteiger partial charge in [-0.15, -0.1) is 0 Å². The summed E-state index contributed by atoms with van der Waals surface area (Å²) in [5.74, 6) is 0.988. The summed E-state index contributed by atoms with van der Waals surface area (Å²) < 4.78 is 6.21. The minimum absolute atomic E-state index is 0.349. The average Bonchev–Trinajstić information content (AvgIpc) is 2.33. The molecule has 0 unspecified atom stereocenters. The van der Waals surface area contributed by atoms with Crippen molar-refractivity contribution in [2.24, 2.45) is 5.92 Å². The van der Waals surface area contributed by atoms with Crippen LogP contribution in [0.25, 0.3) is 0 Å². The van der Waals surface area contributed by atoms with Crippen LogP contribution in [0.1, 0.15) is 59.3 Å². The van der Waals surface area contributed by atoms with Crippen molar-refractivity contribution in [3.05, 3.63) is 0 Å². The van der Waals surface area contributed by atoms with Gasteiger partial charge in [-0.2, -0.15) is 0 Å². The second-order valence-electron chi connectivity index (χ2n) is 7.65. The third kappa shape index (κ3) is 6.41. The quantitative estimate of drug-likeness (QED) is 0.546. The molecule has 1 rings (SSSR count). The van der Waals surface area contributed by atoms with Gasteiger partial charge in [0.05, 0.1) is 0 Å². The predicted molar refractivity (Wildman–Crippen MR) is 87.2 cm³/mol. The van der Waals surface area contributed by atoms with Crippen LogP contribution in [0, 0.1) is 5.92 Å². The molecule has 1 aliphatic heterocycles. The van der Waals surface area contributed by atoms with E-state index in [-0.39, 0.29) is 0 Å². The highest BCUT2D eigenvalue weighted by Crippen LogP contribution is 2.36. The molecule has 0 amide bonds. The molecular weight excluding hydrogens is 250 g/mol. The first kappa shape index (κ1) is 17.2. The van der Waals surface area contributed by atoms with Crippen LogP contribution in [0.3, 0.4) is 0 Å². The number of nitrogens with one attached hydrogen (secondary N) is 1. The van der Waals surface area contributed by atoms with Crippen molar-refractivity contribution in [3.8, 4) is 0 Å². The molecule has 0 aromatic rings. The van der Waals surface area contributed by atoms with E-state index >= 15 is 0 Å². The van der Waals surface area contributed by atoms with Gasteiger partial charge in [-0.3, -0.25) is 0 Å². The van der Waals surface area contributed by atoms with Gasteiger partial charge in [0.25, 0.3) is 0 Å². The third-order valence-electron chi connectivity index (χ3n) is 4.98. The fraction of sp³-hybridized carbons (Fsp3) is 1.00. The van der Waals surface area contributed by atoms with E-state index in [0.29, 0.717) is 5.04 Å². The van der Waals surface area contributed by atoms with Crippen molar-refractivity contribution in [2.45, 2.75) is 77.4 Å². The molecule has 0 spiro atoms. The Balaban J connectivity index is 2.02. The summed E-state index contributed by atoms with van der Waals surface area (Å²) >= 11 is 0. The Morgan fingerprint density at radius 1 is 1.05 bits per heavy atom. The number of hydrogen-bond donors (Lipinski definition) is 1. The highest BCUT2D eigenvalue weighted by atomic mass is 28.4. The van der Waals surface area contributed by atoms with E-state index in [1.807, 2.05) is 0 Å². The van der Waals surface area contributed by atoms with E-state index < -0.39 is 8.32 Å². The second kappa shape index (κ2) is 7.80. The molecule has 0 saturated carbocycles. The Morgan fingerprint density at radius 2 is 1.68 bits per heavy atom. The number of piperidine rings is 1. The predicted octanol–water partition coefficient (Wildman–Crippen LogP) is 4.57. The van der Waals surface area contributed by atoms with Gasteiger partial charge in [-0.1, -0.05) is 40.0 Å². The van der Waals surface area contributed by atoms with Crippen molar-refractivity contribution >= 4 is 8.32 Å². The fourth-order valence-electron chi connectivity index (χ4n) is 2.43.